The van der Waals surface area contributed by atoms with Crippen LogP contribution in [0.2, 0.25) is 5.02 Å². The number of aromatic nitrogens is 1. The molecule has 1 aliphatic heterocycles. The van der Waals surface area contributed by atoms with E-state index < -0.39 is 0 Å². The van der Waals surface area contributed by atoms with E-state index in [0.717, 1.165) is 25.1 Å². The number of ether oxygens (including phenoxy) is 2. The van der Waals surface area contributed by atoms with Crippen LogP contribution < -0.4 is 10.1 Å². The molecule has 1 saturated heterocycles. The number of hydrogen-bond donors (Lipinski definition) is 1. The van der Waals surface area contributed by atoms with E-state index in [2.05, 4.69) is 24.1 Å². The monoisotopic (exact) mass is 270 g/mol. The average molecular weight is 271 g/mol. The molecular formula is C13H19ClN2O2. The highest BCUT2D eigenvalue weighted by atomic mass is 35.5. The number of nitrogens with one attached hydrogen (secondary N) is 1. The Labute approximate surface area is 113 Å². The Hall–Kier alpha value is -0.840. The normalized spacial score (nSPS) is 19.4. The summed E-state index contributed by atoms with van der Waals surface area (Å²) in [6.07, 6.45) is 2.77. The summed E-state index contributed by atoms with van der Waals surface area (Å²) in [4.78, 5) is 4.27. The summed E-state index contributed by atoms with van der Waals surface area (Å²) in [5, 5.41) is 3.88. The molecule has 1 aromatic rings. The average Bonchev–Trinajstić information content (AvgIpc) is 2.82. The van der Waals surface area contributed by atoms with Crippen molar-refractivity contribution in [3.8, 4) is 5.88 Å². The molecule has 100 valence electrons. The number of nitrogens with zero attached hydrogens (tertiary/aromatic N) is 1. The van der Waals surface area contributed by atoms with Crippen LogP contribution in [0, 0.1) is 0 Å². The van der Waals surface area contributed by atoms with Crippen molar-refractivity contribution in [2.75, 3.05) is 13.2 Å². The molecule has 0 spiro atoms. The molecule has 0 saturated carbocycles. The second-order valence-corrected chi connectivity index (χ2v) is 5.18. The Morgan fingerprint density at radius 3 is 3.06 bits per heavy atom. The van der Waals surface area contributed by atoms with Crippen molar-refractivity contribution in [2.24, 2.45) is 0 Å². The van der Waals surface area contributed by atoms with Gasteiger partial charge < -0.3 is 14.8 Å². The van der Waals surface area contributed by atoms with Crippen molar-refractivity contribution in [1.29, 1.82) is 0 Å². The molecule has 18 heavy (non-hydrogen) atoms. The molecule has 1 fully saturated rings. The summed E-state index contributed by atoms with van der Waals surface area (Å²) >= 11 is 6.17. The lowest BCUT2D eigenvalue weighted by Crippen LogP contribution is -2.22. The van der Waals surface area contributed by atoms with Gasteiger partial charge in [0.15, 0.2) is 0 Å². The fourth-order valence-electron chi connectivity index (χ4n) is 1.73. The second kappa shape index (κ2) is 6.36. The molecule has 4 nitrogen and oxygen atoms in total. The fraction of sp³-hybridized carbons (Fsp3) is 0.615. The first kappa shape index (κ1) is 13.6. The first-order chi connectivity index (χ1) is 8.65. The highest BCUT2D eigenvalue weighted by Gasteiger charge is 2.19. The highest BCUT2D eigenvalue weighted by molar-refractivity contribution is 6.31. The molecule has 1 unspecified atom stereocenters. The van der Waals surface area contributed by atoms with Crippen LogP contribution in [0.5, 0.6) is 5.88 Å². The maximum Gasteiger partial charge on any atom is 0.232 e. The van der Waals surface area contributed by atoms with Gasteiger partial charge in [0, 0.05) is 25.2 Å². The third kappa shape index (κ3) is 3.83. The van der Waals surface area contributed by atoms with Crippen molar-refractivity contribution < 1.29 is 9.47 Å². The summed E-state index contributed by atoms with van der Waals surface area (Å²) in [5.74, 6) is 0.500. The van der Waals surface area contributed by atoms with Gasteiger partial charge in [-0.15, -0.1) is 0 Å². The first-order valence-corrected chi connectivity index (χ1v) is 6.65. The summed E-state index contributed by atoms with van der Waals surface area (Å²) < 4.78 is 11.0. The van der Waals surface area contributed by atoms with Crippen LogP contribution >= 0.6 is 11.6 Å². The van der Waals surface area contributed by atoms with Crippen molar-refractivity contribution in [3.05, 3.63) is 22.8 Å². The van der Waals surface area contributed by atoms with Gasteiger partial charge in [-0.05, 0) is 11.6 Å². The topological polar surface area (TPSA) is 43.4 Å². The Morgan fingerprint density at radius 1 is 1.61 bits per heavy atom. The SMILES string of the molecule is CC(C)NCc1cnc(OC2CCOC2)c(Cl)c1. The molecule has 0 aliphatic carbocycles. The minimum absolute atomic E-state index is 0.0784. The Morgan fingerprint density at radius 2 is 2.44 bits per heavy atom. The van der Waals surface area contributed by atoms with E-state index in [1.54, 1.807) is 6.20 Å². The minimum atomic E-state index is 0.0784. The van der Waals surface area contributed by atoms with Crippen LogP contribution in [0.4, 0.5) is 0 Å². The van der Waals surface area contributed by atoms with Crippen LogP contribution in [-0.2, 0) is 11.3 Å². The molecule has 2 heterocycles. The van der Waals surface area contributed by atoms with Crippen molar-refractivity contribution in [2.45, 2.75) is 39.0 Å². The molecule has 5 heteroatoms. The van der Waals surface area contributed by atoms with Gasteiger partial charge in [0.2, 0.25) is 5.88 Å². The molecule has 1 aliphatic rings. The first-order valence-electron chi connectivity index (χ1n) is 6.27. The summed E-state index contributed by atoms with van der Waals surface area (Å²) in [6, 6.07) is 2.34. The van der Waals surface area contributed by atoms with E-state index in [1.165, 1.54) is 0 Å². The lowest BCUT2D eigenvalue weighted by Gasteiger charge is -2.13. The molecule has 0 amide bonds. The Kier molecular flexibility index (Phi) is 4.80. The lowest BCUT2D eigenvalue weighted by atomic mass is 10.2. The number of pyridine rings is 1. The third-order valence-electron chi connectivity index (χ3n) is 2.74. The Balaban J connectivity index is 1.95. The summed E-state index contributed by atoms with van der Waals surface area (Å²) in [7, 11) is 0. The van der Waals surface area contributed by atoms with E-state index in [1.807, 2.05) is 6.07 Å². The zero-order valence-corrected chi connectivity index (χ0v) is 11.5. The van der Waals surface area contributed by atoms with Gasteiger partial charge in [0.05, 0.1) is 13.2 Å². The molecule has 2 rings (SSSR count). The van der Waals surface area contributed by atoms with Gasteiger partial charge in [0.1, 0.15) is 11.1 Å². The van der Waals surface area contributed by atoms with Gasteiger partial charge in [-0.3, -0.25) is 0 Å². The van der Waals surface area contributed by atoms with Crippen LogP contribution in [0.1, 0.15) is 25.8 Å². The maximum absolute atomic E-state index is 6.17. The summed E-state index contributed by atoms with van der Waals surface area (Å²) in [6.45, 7) is 6.34. The van der Waals surface area contributed by atoms with Crippen LogP contribution in [-0.4, -0.2) is 30.3 Å². The molecule has 0 bridgehead atoms. The lowest BCUT2D eigenvalue weighted by molar-refractivity contribution is 0.138. The van der Waals surface area contributed by atoms with Gasteiger partial charge in [-0.25, -0.2) is 4.98 Å². The van der Waals surface area contributed by atoms with E-state index in [0.29, 0.717) is 23.6 Å². The van der Waals surface area contributed by atoms with E-state index in [9.17, 15) is 0 Å². The molecule has 1 aromatic heterocycles. The van der Waals surface area contributed by atoms with Crippen LogP contribution in [0.3, 0.4) is 0 Å². The highest BCUT2D eigenvalue weighted by Crippen LogP contribution is 2.25. The van der Waals surface area contributed by atoms with Crippen LogP contribution in [0.15, 0.2) is 12.3 Å². The van der Waals surface area contributed by atoms with Crippen molar-refractivity contribution in [3.63, 3.8) is 0 Å². The molecule has 1 N–H and O–H groups in total. The van der Waals surface area contributed by atoms with E-state index >= 15 is 0 Å². The van der Waals surface area contributed by atoms with Crippen LogP contribution in [0.25, 0.3) is 0 Å². The molecule has 1 atom stereocenters. The van der Waals surface area contributed by atoms with E-state index in [4.69, 9.17) is 21.1 Å². The molecule has 0 aromatic carbocycles. The van der Waals surface area contributed by atoms with Gasteiger partial charge in [-0.2, -0.15) is 0 Å². The fourth-order valence-corrected chi connectivity index (χ4v) is 1.97. The Bertz CT molecular complexity index is 393. The van der Waals surface area contributed by atoms with Gasteiger partial charge in [-0.1, -0.05) is 25.4 Å². The van der Waals surface area contributed by atoms with Gasteiger partial charge >= 0.3 is 0 Å². The van der Waals surface area contributed by atoms with Crippen molar-refractivity contribution >= 4 is 11.6 Å². The maximum atomic E-state index is 6.17. The quantitative estimate of drug-likeness (QED) is 0.892. The molecule has 0 radical (unpaired) electrons. The standard InChI is InChI=1S/C13H19ClN2O2/c1-9(2)15-6-10-5-12(14)13(16-7-10)18-11-3-4-17-8-11/h5,7,9,11,15H,3-4,6,8H2,1-2H3. The van der Waals surface area contributed by atoms with Gasteiger partial charge in [0.25, 0.3) is 0 Å². The predicted molar refractivity (Wildman–Crippen MR) is 71.1 cm³/mol. The number of rotatable bonds is 5. The summed E-state index contributed by atoms with van der Waals surface area (Å²) in [5.41, 5.74) is 1.06. The third-order valence-corrected chi connectivity index (χ3v) is 3.02. The number of hydrogen-bond acceptors (Lipinski definition) is 4. The molecular weight excluding hydrogens is 252 g/mol. The predicted octanol–water partition coefficient (Wildman–Crippen LogP) is 2.40. The minimum Gasteiger partial charge on any atom is -0.471 e. The zero-order chi connectivity index (χ0) is 13.0. The zero-order valence-electron chi connectivity index (χ0n) is 10.8. The smallest absolute Gasteiger partial charge is 0.232 e. The van der Waals surface area contributed by atoms with E-state index in [-0.39, 0.29) is 6.10 Å². The number of halogens is 1. The second-order valence-electron chi connectivity index (χ2n) is 4.77. The van der Waals surface area contributed by atoms with Crippen molar-refractivity contribution in [1.82, 2.24) is 10.3 Å². The largest absolute Gasteiger partial charge is 0.471 e.